The van der Waals surface area contributed by atoms with Gasteiger partial charge in [0.2, 0.25) is 21.8 Å². The van der Waals surface area contributed by atoms with Crippen LogP contribution < -0.4 is 19.1 Å². The molecule has 2 aromatic carbocycles. The highest BCUT2D eigenvalue weighted by Crippen LogP contribution is 2.23. The molecule has 0 aliphatic carbocycles. The molecule has 1 atom stereocenters. The molecule has 0 radical (unpaired) electrons. The number of methoxy groups -OCH3 is 2. The standard InChI is InChI=1S/C28H41N3O6S/c1-6-8-18-29-28(33)26(7-2)30(21-22-11-9-12-25(20-22)37-4)27(32)13-10-19-31(38(5,34)35)23-14-16-24(36-3)17-15-23/h9,11-12,14-17,20,26H,6-8,10,13,18-19,21H2,1-5H3,(H,29,33). The molecule has 0 aliphatic rings. The highest BCUT2D eigenvalue weighted by molar-refractivity contribution is 7.92. The molecule has 38 heavy (non-hydrogen) atoms. The molecule has 0 aromatic heterocycles. The minimum Gasteiger partial charge on any atom is -0.497 e. The first-order valence-electron chi connectivity index (χ1n) is 13.0. The molecule has 0 aliphatic heterocycles. The smallest absolute Gasteiger partial charge is 0.242 e. The van der Waals surface area contributed by atoms with Gasteiger partial charge in [-0.3, -0.25) is 13.9 Å². The van der Waals surface area contributed by atoms with Crippen molar-refractivity contribution in [1.82, 2.24) is 10.2 Å². The lowest BCUT2D eigenvalue weighted by Crippen LogP contribution is -2.49. The third-order valence-corrected chi connectivity index (χ3v) is 7.41. The number of nitrogens with one attached hydrogen (secondary N) is 1. The number of hydrogen-bond acceptors (Lipinski definition) is 6. The van der Waals surface area contributed by atoms with Crippen molar-refractivity contribution in [2.45, 2.75) is 58.5 Å². The summed E-state index contributed by atoms with van der Waals surface area (Å²) in [5.74, 6) is 0.883. The van der Waals surface area contributed by atoms with Crippen LogP contribution in [0.3, 0.4) is 0 Å². The van der Waals surface area contributed by atoms with Crippen LogP contribution >= 0.6 is 0 Å². The summed E-state index contributed by atoms with van der Waals surface area (Å²) in [6.07, 6.45) is 3.79. The number of rotatable bonds is 16. The van der Waals surface area contributed by atoms with Crippen molar-refractivity contribution in [1.29, 1.82) is 0 Å². The molecule has 0 saturated carbocycles. The van der Waals surface area contributed by atoms with Crippen molar-refractivity contribution < 1.29 is 27.5 Å². The molecule has 0 fully saturated rings. The monoisotopic (exact) mass is 547 g/mol. The Bertz CT molecular complexity index is 1140. The second-order valence-corrected chi connectivity index (χ2v) is 11.0. The number of nitrogens with zero attached hydrogens (tertiary/aromatic N) is 2. The van der Waals surface area contributed by atoms with E-state index in [1.54, 1.807) is 43.4 Å². The SMILES string of the molecule is CCCCNC(=O)C(CC)N(Cc1cccc(OC)c1)C(=O)CCCN(c1ccc(OC)cc1)S(C)(=O)=O. The number of ether oxygens (including phenoxy) is 2. The van der Waals surface area contributed by atoms with Gasteiger partial charge in [0.25, 0.3) is 0 Å². The van der Waals surface area contributed by atoms with E-state index in [1.165, 1.54) is 4.31 Å². The van der Waals surface area contributed by atoms with Crippen molar-refractivity contribution in [3.05, 3.63) is 54.1 Å². The minimum absolute atomic E-state index is 0.0882. The highest BCUT2D eigenvalue weighted by atomic mass is 32.2. The van der Waals surface area contributed by atoms with E-state index in [0.29, 0.717) is 36.6 Å². The van der Waals surface area contributed by atoms with Crippen molar-refractivity contribution in [3.8, 4) is 11.5 Å². The zero-order valence-corrected chi connectivity index (χ0v) is 23.9. The normalized spacial score (nSPS) is 11.9. The van der Waals surface area contributed by atoms with Gasteiger partial charge in [0.15, 0.2) is 0 Å². The fourth-order valence-corrected chi connectivity index (χ4v) is 5.11. The number of anilines is 1. The van der Waals surface area contributed by atoms with E-state index in [9.17, 15) is 18.0 Å². The van der Waals surface area contributed by atoms with Crippen molar-refractivity contribution in [2.75, 3.05) is 37.9 Å². The Morgan fingerprint density at radius 1 is 0.974 bits per heavy atom. The lowest BCUT2D eigenvalue weighted by atomic mass is 10.1. The van der Waals surface area contributed by atoms with Crippen LogP contribution in [0.2, 0.25) is 0 Å². The van der Waals surface area contributed by atoms with Crippen molar-refractivity contribution >= 4 is 27.5 Å². The van der Waals surface area contributed by atoms with E-state index in [1.807, 2.05) is 38.1 Å². The van der Waals surface area contributed by atoms with E-state index < -0.39 is 16.1 Å². The average Bonchev–Trinajstić information content (AvgIpc) is 2.90. The number of sulfonamides is 1. The van der Waals surface area contributed by atoms with E-state index in [-0.39, 0.29) is 31.3 Å². The first-order valence-corrected chi connectivity index (χ1v) is 14.8. The van der Waals surface area contributed by atoms with Gasteiger partial charge in [-0.25, -0.2) is 8.42 Å². The predicted octanol–water partition coefficient (Wildman–Crippen LogP) is 3.97. The number of hydrogen-bond donors (Lipinski definition) is 1. The fraction of sp³-hybridized carbons (Fsp3) is 0.500. The number of amides is 2. The van der Waals surface area contributed by atoms with E-state index in [0.717, 1.165) is 24.7 Å². The minimum atomic E-state index is -3.57. The summed E-state index contributed by atoms with van der Waals surface area (Å²) in [6.45, 7) is 4.85. The van der Waals surface area contributed by atoms with Gasteiger partial charge in [-0.05, 0) is 61.2 Å². The Morgan fingerprint density at radius 2 is 1.66 bits per heavy atom. The summed E-state index contributed by atoms with van der Waals surface area (Å²) in [5.41, 5.74) is 1.34. The van der Waals surface area contributed by atoms with Gasteiger partial charge < -0.3 is 19.7 Å². The second kappa shape index (κ2) is 15.2. The van der Waals surface area contributed by atoms with E-state index in [2.05, 4.69) is 5.32 Å². The Labute approximate surface area is 227 Å². The van der Waals surface area contributed by atoms with Gasteiger partial charge in [-0.1, -0.05) is 32.4 Å². The first-order chi connectivity index (χ1) is 18.1. The van der Waals surface area contributed by atoms with Crippen LogP contribution in [0.15, 0.2) is 48.5 Å². The number of unbranched alkanes of at least 4 members (excludes halogenated alkanes) is 1. The molecule has 10 heteroatoms. The molecule has 0 saturated heterocycles. The first kappa shape index (κ1) is 31.0. The Morgan fingerprint density at radius 3 is 2.24 bits per heavy atom. The predicted molar refractivity (Wildman–Crippen MR) is 150 cm³/mol. The highest BCUT2D eigenvalue weighted by Gasteiger charge is 2.29. The van der Waals surface area contributed by atoms with Crippen LogP contribution in [0.5, 0.6) is 11.5 Å². The lowest BCUT2D eigenvalue weighted by Gasteiger charge is -2.31. The summed E-state index contributed by atoms with van der Waals surface area (Å²) < 4.78 is 36.8. The molecule has 210 valence electrons. The molecule has 1 unspecified atom stereocenters. The molecular weight excluding hydrogens is 506 g/mol. The van der Waals surface area contributed by atoms with Gasteiger partial charge in [0.05, 0.1) is 26.2 Å². The topological polar surface area (TPSA) is 105 Å². The molecule has 0 spiro atoms. The molecule has 1 N–H and O–H groups in total. The molecule has 9 nitrogen and oxygen atoms in total. The number of benzene rings is 2. The molecular formula is C28H41N3O6S. The summed E-state index contributed by atoms with van der Waals surface area (Å²) in [7, 11) is -0.450. The Hall–Kier alpha value is -3.27. The second-order valence-electron chi connectivity index (χ2n) is 9.08. The van der Waals surface area contributed by atoms with Crippen LogP contribution in [0.1, 0.15) is 51.5 Å². The van der Waals surface area contributed by atoms with Crippen LogP contribution in [0.4, 0.5) is 5.69 Å². The van der Waals surface area contributed by atoms with E-state index >= 15 is 0 Å². The summed E-state index contributed by atoms with van der Waals surface area (Å²) in [5, 5.41) is 2.95. The van der Waals surface area contributed by atoms with E-state index in [4.69, 9.17) is 9.47 Å². The van der Waals surface area contributed by atoms with Crippen LogP contribution in [-0.4, -0.2) is 64.7 Å². The maximum Gasteiger partial charge on any atom is 0.242 e. The van der Waals surface area contributed by atoms with Crippen molar-refractivity contribution in [3.63, 3.8) is 0 Å². The third-order valence-electron chi connectivity index (χ3n) is 6.22. The third kappa shape index (κ3) is 9.24. The zero-order valence-electron chi connectivity index (χ0n) is 23.1. The van der Waals surface area contributed by atoms with Gasteiger partial charge in [-0.15, -0.1) is 0 Å². The fourth-order valence-electron chi connectivity index (χ4n) is 4.15. The quantitative estimate of drug-likeness (QED) is 0.319. The van der Waals surface area contributed by atoms with Gasteiger partial charge in [-0.2, -0.15) is 0 Å². The summed E-state index contributed by atoms with van der Waals surface area (Å²) in [4.78, 5) is 28.1. The van der Waals surface area contributed by atoms with Crippen LogP contribution in [0.25, 0.3) is 0 Å². The van der Waals surface area contributed by atoms with Gasteiger partial charge in [0, 0.05) is 26.1 Å². The zero-order chi connectivity index (χ0) is 28.1. The average molecular weight is 548 g/mol. The van der Waals surface area contributed by atoms with Crippen LogP contribution in [-0.2, 0) is 26.2 Å². The number of carbonyl (C=O) groups is 2. The van der Waals surface area contributed by atoms with Gasteiger partial charge >= 0.3 is 0 Å². The summed E-state index contributed by atoms with van der Waals surface area (Å²) >= 11 is 0. The Balaban J connectivity index is 2.21. The molecule has 2 aromatic rings. The molecule has 2 rings (SSSR count). The summed E-state index contributed by atoms with van der Waals surface area (Å²) in [6, 6.07) is 13.5. The Kier molecular flexibility index (Phi) is 12.4. The lowest BCUT2D eigenvalue weighted by molar-refractivity contribution is -0.141. The molecule has 0 heterocycles. The van der Waals surface area contributed by atoms with Gasteiger partial charge in [0.1, 0.15) is 17.5 Å². The number of carbonyl (C=O) groups excluding carboxylic acids is 2. The molecule has 2 amide bonds. The maximum absolute atomic E-state index is 13.5. The van der Waals surface area contributed by atoms with Crippen molar-refractivity contribution in [2.24, 2.45) is 0 Å². The maximum atomic E-state index is 13.5. The molecule has 0 bridgehead atoms. The van der Waals surface area contributed by atoms with Crippen LogP contribution in [0, 0.1) is 0 Å². The largest absolute Gasteiger partial charge is 0.497 e.